The number of methoxy groups -OCH3 is 1. The van der Waals surface area contributed by atoms with Crippen molar-refractivity contribution in [3.05, 3.63) is 52.0 Å². The first-order valence-corrected chi connectivity index (χ1v) is 8.38. The molecule has 6 nitrogen and oxygen atoms in total. The number of fused-ring (bicyclic) bond motifs is 1. The van der Waals surface area contributed by atoms with Crippen molar-refractivity contribution in [3.63, 3.8) is 0 Å². The molecule has 0 saturated carbocycles. The summed E-state index contributed by atoms with van der Waals surface area (Å²) >= 11 is 17.5. The Morgan fingerprint density at radius 3 is 2.76 bits per heavy atom. The number of hydrazone groups is 1. The Morgan fingerprint density at radius 2 is 2.04 bits per heavy atom. The van der Waals surface area contributed by atoms with Gasteiger partial charge in [-0.25, -0.2) is 5.43 Å². The maximum atomic E-state index is 6.18. The van der Waals surface area contributed by atoms with E-state index in [9.17, 15) is 0 Å². The summed E-state index contributed by atoms with van der Waals surface area (Å²) in [6, 6.07) is 10.7. The molecule has 0 radical (unpaired) electrons. The quantitative estimate of drug-likeness (QED) is 0.537. The van der Waals surface area contributed by atoms with Crippen LogP contribution in [0.3, 0.4) is 0 Å². The molecule has 0 unspecified atom stereocenters. The number of hydrogen-bond donors (Lipinski definition) is 3. The number of halogens is 2. The van der Waals surface area contributed by atoms with Crippen LogP contribution >= 0.6 is 35.4 Å². The smallest absolute Gasteiger partial charge is 0.242 e. The molecule has 130 valence electrons. The van der Waals surface area contributed by atoms with Crippen LogP contribution in [0.15, 0.2) is 41.5 Å². The Balaban J connectivity index is 1.71. The third-order valence-electron chi connectivity index (χ3n) is 3.35. The molecule has 1 aliphatic heterocycles. The fourth-order valence-electron chi connectivity index (χ4n) is 2.20. The van der Waals surface area contributed by atoms with Crippen LogP contribution in [0.2, 0.25) is 10.0 Å². The van der Waals surface area contributed by atoms with Gasteiger partial charge in [0.1, 0.15) is 5.75 Å². The monoisotopic (exact) mass is 396 g/mol. The fraction of sp³-hybridized carbons (Fsp3) is 0.125. The molecule has 3 rings (SSSR count). The molecular formula is C16H14Cl2N4O2S. The van der Waals surface area contributed by atoms with E-state index in [0.717, 1.165) is 11.4 Å². The molecule has 0 fully saturated rings. The maximum absolute atomic E-state index is 6.18. The van der Waals surface area contributed by atoms with Gasteiger partial charge in [0.15, 0.2) is 11.8 Å². The number of rotatable bonds is 3. The van der Waals surface area contributed by atoms with Crippen molar-refractivity contribution >= 4 is 57.8 Å². The van der Waals surface area contributed by atoms with E-state index in [1.165, 1.54) is 0 Å². The largest absolute Gasteiger partial charge is 0.497 e. The average Bonchev–Trinajstić information content (AvgIpc) is 2.60. The number of nitrogens with zero attached hydrogens (tertiary/aromatic N) is 1. The molecule has 2 aromatic rings. The third-order valence-corrected chi connectivity index (χ3v) is 4.06. The van der Waals surface area contributed by atoms with E-state index in [4.69, 9.17) is 44.9 Å². The number of hydrogen-bond acceptors (Lipinski definition) is 5. The van der Waals surface area contributed by atoms with Gasteiger partial charge in [0.25, 0.3) is 0 Å². The molecule has 0 atom stereocenters. The van der Waals surface area contributed by atoms with Crippen LogP contribution in [0.25, 0.3) is 0 Å². The van der Waals surface area contributed by atoms with Gasteiger partial charge in [-0.1, -0.05) is 23.2 Å². The molecule has 2 aromatic carbocycles. The first-order valence-electron chi connectivity index (χ1n) is 7.21. The lowest BCUT2D eigenvalue weighted by molar-refractivity contribution is 0.326. The predicted molar refractivity (Wildman–Crippen MR) is 105 cm³/mol. The second-order valence-electron chi connectivity index (χ2n) is 4.99. The van der Waals surface area contributed by atoms with Crippen LogP contribution in [0.5, 0.6) is 5.75 Å². The standard InChI is InChI=1S/C16H14Cl2N4O2S/c1-23-11-4-2-10(3-5-11)20-16(25)22-21-15-12-6-9(17)7-13(18)14(12)19-8-24-15/h2-7,19H,8H2,1H3,(H2,20,22,25)/b21-15-. The molecule has 0 aliphatic carbocycles. The van der Waals surface area contributed by atoms with Gasteiger partial charge in [0.2, 0.25) is 5.90 Å². The normalized spacial score (nSPS) is 14.1. The topological polar surface area (TPSA) is 66.9 Å². The van der Waals surface area contributed by atoms with E-state index in [0.29, 0.717) is 32.3 Å². The minimum atomic E-state index is 0.244. The number of benzene rings is 2. The summed E-state index contributed by atoms with van der Waals surface area (Å²) in [6.07, 6.45) is 0. The highest BCUT2D eigenvalue weighted by Gasteiger charge is 2.20. The van der Waals surface area contributed by atoms with Gasteiger partial charge < -0.3 is 20.1 Å². The molecule has 0 saturated heterocycles. The Hall–Kier alpha value is -2.22. The van der Waals surface area contributed by atoms with Gasteiger partial charge in [-0.15, -0.1) is 5.10 Å². The van der Waals surface area contributed by atoms with Gasteiger partial charge in [-0.05, 0) is 48.6 Å². The Labute approximate surface area is 160 Å². The maximum Gasteiger partial charge on any atom is 0.242 e. The first-order chi connectivity index (χ1) is 12.1. The van der Waals surface area contributed by atoms with E-state index in [1.807, 2.05) is 24.3 Å². The average molecular weight is 397 g/mol. The van der Waals surface area contributed by atoms with E-state index in [-0.39, 0.29) is 6.73 Å². The molecule has 25 heavy (non-hydrogen) atoms. The van der Waals surface area contributed by atoms with Crippen LogP contribution in [0, 0.1) is 0 Å². The highest BCUT2D eigenvalue weighted by atomic mass is 35.5. The van der Waals surface area contributed by atoms with Gasteiger partial charge in [0, 0.05) is 10.7 Å². The molecular weight excluding hydrogens is 383 g/mol. The fourth-order valence-corrected chi connectivity index (χ4v) is 2.93. The van der Waals surface area contributed by atoms with E-state index < -0.39 is 0 Å². The van der Waals surface area contributed by atoms with Crippen molar-refractivity contribution in [1.82, 2.24) is 5.43 Å². The van der Waals surface area contributed by atoms with Gasteiger partial charge in [-0.2, -0.15) is 0 Å². The lowest BCUT2D eigenvalue weighted by Gasteiger charge is -2.22. The summed E-state index contributed by atoms with van der Waals surface area (Å²) in [6.45, 7) is 0.244. The van der Waals surface area contributed by atoms with Crippen molar-refractivity contribution in [3.8, 4) is 5.75 Å². The lowest BCUT2D eigenvalue weighted by Crippen LogP contribution is -2.29. The van der Waals surface area contributed by atoms with E-state index in [2.05, 4.69) is 21.2 Å². The molecule has 0 amide bonds. The second kappa shape index (κ2) is 7.77. The van der Waals surface area contributed by atoms with Crippen molar-refractivity contribution in [2.45, 2.75) is 0 Å². The van der Waals surface area contributed by atoms with E-state index >= 15 is 0 Å². The molecule has 0 bridgehead atoms. The zero-order valence-corrected chi connectivity index (χ0v) is 15.4. The highest BCUT2D eigenvalue weighted by Crippen LogP contribution is 2.32. The van der Waals surface area contributed by atoms with Gasteiger partial charge in [0.05, 0.1) is 23.4 Å². The third kappa shape index (κ3) is 4.25. The van der Waals surface area contributed by atoms with Gasteiger partial charge >= 0.3 is 0 Å². The zero-order chi connectivity index (χ0) is 17.8. The molecule has 3 N–H and O–H groups in total. The summed E-state index contributed by atoms with van der Waals surface area (Å²) < 4.78 is 10.6. The Kier molecular flexibility index (Phi) is 5.47. The summed E-state index contributed by atoms with van der Waals surface area (Å²) in [5.41, 5.74) is 4.92. The molecule has 1 aliphatic rings. The summed E-state index contributed by atoms with van der Waals surface area (Å²) in [4.78, 5) is 0. The minimum Gasteiger partial charge on any atom is -0.497 e. The van der Waals surface area contributed by atoms with Crippen LogP contribution < -0.4 is 20.8 Å². The minimum absolute atomic E-state index is 0.244. The summed E-state index contributed by atoms with van der Waals surface area (Å²) in [5.74, 6) is 1.11. The summed E-state index contributed by atoms with van der Waals surface area (Å²) in [7, 11) is 1.61. The van der Waals surface area contributed by atoms with Crippen molar-refractivity contribution in [2.24, 2.45) is 5.10 Å². The van der Waals surface area contributed by atoms with Crippen LogP contribution in [-0.2, 0) is 4.74 Å². The number of thiocarbonyl (C=S) groups is 1. The number of ether oxygens (including phenoxy) is 2. The SMILES string of the molecule is COc1ccc(NC(=S)N/N=C2\OCNc3c(Cl)cc(Cl)cc32)cc1. The Bertz CT molecular complexity index is 828. The summed E-state index contributed by atoms with van der Waals surface area (Å²) in [5, 5.41) is 11.6. The van der Waals surface area contributed by atoms with Crippen molar-refractivity contribution in [2.75, 3.05) is 24.5 Å². The zero-order valence-electron chi connectivity index (χ0n) is 13.1. The second-order valence-corrected chi connectivity index (χ2v) is 6.24. The lowest BCUT2D eigenvalue weighted by atomic mass is 10.1. The molecule has 0 aromatic heterocycles. The van der Waals surface area contributed by atoms with Crippen LogP contribution in [-0.4, -0.2) is 24.9 Å². The molecule has 0 spiro atoms. The van der Waals surface area contributed by atoms with Gasteiger partial charge in [-0.3, -0.25) is 0 Å². The molecule has 9 heteroatoms. The van der Waals surface area contributed by atoms with Crippen molar-refractivity contribution < 1.29 is 9.47 Å². The highest BCUT2D eigenvalue weighted by molar-refractivity contribution is 7.80. The predicted octanol–water partition coefficient (Wildman–Crippen LogP) is 4.05. The van der Waals surface area contributed by atoms with Crippen molar-refractivity contribution in [1.29, 1.82) is 0 Å². The van der Waals surface area contributed by atoms with Crippen LogP contribution in [0.4, 0.5) is 11.4 Å². The number of nitrogens with one attached hydrogen (secondary N) is 3. The Morgan fingerprint density at radius 1 is 1.28 bits per heavy atom. The van der Waals surface area contributed by atoms with Crippen LogP contribution in [0.1, 0.15) is 5.56 Å². The first kappa shape index (κ1) is 17.6. The number of anilines is 2. The van der Waals surface area contributed by atoms with E-state index in [1.54, 1.807) is 19.2 Å². The molecule has 1 heterocycles.